The molecule has 0 aromatic heterocycles. The molecule has 1 fully saturated rings. The first kappa shape index (κ1) is 16.3. The number of carbonyl (C=O) groups is 1. The number of aryl methyl sites for hydroxylation is 2. The third kappa shape index (κ3) is 3.57. The largest absolute Gasteiger partial charge is 0.306 e. The van der Waals surface area contributed by atoms with E-state index in [1.54, 1.807) is 6.92 Å². The van der Waals surface area contributed by atoms with Gasteiger partial charge < -0.3 is 9.69 Å². The van der Waals surface area contributed by atoms with Gasteiger partial charge in [0.2, 0.25) is 0 Å². The predicted octanol–water partition coefficient (Wildman–Crippen LogP) is 2.57. The highest BCUT2D eigenvalue weighted by Crippen LogP contribution is 2.29. The summed E-state index contributed by atoms with van der Waals surface area (Å²) in [7, 11) is 3.04. The number of hydrogen-bond donors (Lipinski definition) is 0. The second kappa shape index (κ2) is 5.96. The van der Waals surface area contributed by atoms with Crippen molar-refractivity contribution in [3.8, 4) is 0 Å². The van der Waals surface area contributed by atoms with Crippen molar-refractivity contribution in [2.45, 2.75) is 52.3 Å². The predicted molar refractivity (Wildman–Crippen MR) is 92.3 cm³/mol. The van der Waals surface area contributed by atoms with E-state index in [1.807, 2.05) is 13.8 Å². The monoisotopic (exact) mass is 285 g/mol. The first-order valence-electron chi connectivity index (χ1n) is 8.00. The highest BCUT2D eigenvalue weighted by molar-refractivity contribution is 6.62. The lowest BCUT2D eigenvalue weighted by molar-refractivity contribution is -0.119. The van der Waals surface area contributed by atoms with Crippen LogP contribution in [0.2, 0.25) is 5.31 Å². The normalized spacial score (nSPS) is 19.8. The fourth-order valence-electron chi connectivity index (χ4n) is 3.31. The Kier molecular flexibility index (Phi) is 4.62. The molecule has 0 bridgehead atoms. The van der Waals surface area contributed by atoms with Gasteiger partial charge in [-0.3, -0.25) is 0 Å². The van der Waals surface area contributed by atoms with Crippen LogP contribution in [0.5, 0.6) is 0 Å². The average Bonchev–Trinajstić information content (AvgIpc) is 2.80. The van der Waals surface area contributed by atoms with Crippen molar-refractivity contribution < 1.29 is 4.79 Å². The lowest BCUT2D eigenvalue weighted by Crippen LogP contribution is -2.34. The van der Waals surface area contributed by atoms with Crippen LogP contribution in [0.4, 0.5) is 0 Å². The van der Waals surface area contributed by atoms with Gasteiger partial charge in [-0.05, 0) is 52.3 Å². The first-order valence-corrected chi connectivity index (χ1v) is 8.00. The topological polar surface area (TPSA) is 20.3 Å². The van der Waals surface area contributed by atoms with Crippen LogP contribution in [0.3, 0.4) is 0 Å². The van der Waals surface area contributed by atoms with Crippen LogP contribution in [-0.2, 0) is 4.79 Å². The Hall–Kier alpha value is -1.09. The summed E-state index contributed by atoms with van der Waals surface area (Å²) in [6, 6.07) is 4.70. The van der Waals surface area contributed by atoms with Crippen molar-refractivity contribution in [1.82, 2.24) is 4.90 Å². The molecule has 2 nitrogen and oxygen atoms in total. The lowest BCUT2D eigenvalue weighted by Gasteiger charge is -2.23. The fraction of sp³-hybridized carbons (Fsp3) is 0.611. The van der Waals surface area contributed by atoms with Crippen molar-refractivity contribution in [1.29, 1.82) is 0 Å². The van der Waals surface area contributed by atoms with Gasteiger partial charge in [0, 0.05) is 11.9 Å². The van der Waals surface area contributed by atoms with Gasteiger partial charge in [-0.2, -0.15) is 0 Å². The molecule has 1 unspecified atom stereocenters. The Bertz CT molecular complexity index is 527. The van der Waals surface area contributed by atoms with Crippen LogP contribution in [-0.4, -0.2) is 38.1 Å². The van der Waals surface area contributed by atoms with E-state index in [4.69, 9.17) is 0 Å². The summed E-state index contributed by atoms with van der Waals surface area (Å²) >= 11 is 0. The van der Waals surface area contributed by atoms with Gasteiger partial charge in [-0.15, -0.1) is 0 Å². The zero-order valence-corrected chi connectivity index (χ0v) is 14.4. The molecule has 1 atom stereocenters. The standard InChI is InChI=1S/C18H28BNO/c1-12-9-16(15-7-8-20(6)11-15)10-13(2)17(12)19-18(4,5)14(3)21/h9-10,15,19H,7-8,11H2,1-6H3. The molecule has 0 radical (unpaired) electrons. The third-order valence-corrected chi connectivity index (χ3v) is 5.15. The molecular weight excluding hydrogens is 257 g/mol. The molecule has 114 valence electrons. The number of Topliss-reactive ketones (excluding diaryl/α,β-unsaturated/α-hetero) is 1. The minimum absolute atomic E-state index is 0.266. The van der Waals surface area contributed by atoms with E-state index in [1.165, 1.54) is 35.1 Å². The maximum Gasteiger partial charge on any atom is 0.173 e. The zero-order chi connectivity index (χ0) is 15.8. The van der Waals surface area contributed by atoms with Crippen molar-refractivity contribution in [2.24, 2.45) is 0 Å². The summed E-state index contributed by atoms with van der Waals surface area (Å²) in [5.74, 6) is 0.935. The van der Waals surface area contributed by atoms with Gasteiger partial charge in [0.25, 0.3) is 0 Å². The molecule has 0 aliphatic carbocycles. The number of carbonyl (C=O) groups excluding carboxylic acids is 1. The first-order chi connectivity index (χ1) is 9.70. The molecule has 21 heavy (non-hydrogen) atoms. The Morgan fingerprint density at radius 1 is 1.29 bits per heavy atom. The number of nitrogens with zero attached hydrogens (tertiary/aromatic N) is 1. The Morgan fingerprint density at radius 3 is 2.29 bits per heavy atom. The van der Waals surface area contributed by atoms with Crippen LogP contribution < -0.4 is 5.46 Å². The average molecular weight is 285 g/mol. The van der Waals surface area contributed by atoms with Crippen LogP contribution in [0.15, 0.2) is 12.1 Å². The molecule has 0 spiro atoms. The number of likely N-dealkylation sites (N-methyl/N-ethyl adjacent to an activating group) is 1. The summed E-state index contributed by atoms with van der Waals surface area (Å²) in [6.07, 6.45) is 1.26. The minimum Gasteiger partial charge on any atom is -0.306 e. The van der Waals surface area contributed by atoms with Gasteiger partial charge in [0.1, 0.15) is 5.78 Å². The van der Waals surface area contributed by atoms with E-state index in [0.29, 0.717) is 5.92 Å². The molecule has 3 heteroatoms. The molecule has 1 aromatic carbocycles. The number of benzene rings is 1. The summed E-state index contributed by atoms with van der Waals surface area (Å²) < 4.78 is 0. The van der Waals surface area contributed by atoms with Crippen molar-refractivity contribution in [3.05, 3.63) is 28.8 Å². The quantitative estimate of drug-likeness (QED) is 0.792. The highest BCUT2D eigenvalue weighted by atomic mass is 16.1. The molecule has 0 N–H and O–H groups in total. The Labute approximate surface area is 130 Å². The number of likely N-dealkylation sites (tertiary alicyclic amines) is 1. The SMILES string of the molecule is CC(=O)C(C)(C)Bc1c(C)cc(C2CCN(C)C2)cc1C. The summed E-state index contributed by atoms with van der Waals surface area (Å²) in [5, 5.41) is -0.273. The maximum absolute atomic E-state index is 11.8. The van der Waals surface area contributed by atoms with E-state index >= 15 is 0 Å². The Balaban J connectivity index is 2.27. The van der Waals surface area contributed by atoms with Gasteiger partial charge in [0.05, 0.1) is 0 Å². The van der Waals surface area contributed by atoms with Gasteiger partial charge in [-0.25, -0.2) is 0 Å². The van der Waals surface area contributed by atoms with Gasteiger partial charge >= 0.3 is 0 Å². The number of hydrogen-bond acceptors (Lipinski definition) is 2. The molecule has 1 aromatic rings. The molecule has 0 saturated carbocycles. The molecule has 1 aliphatic rings. The molecule has 1 heterocycles. The van der Waals surface area contributed by atoms with E-state index < -0.39 is 0 Å². The van der Waals surface area contributed by atoms with Crippen molar-refractivity contribution in [2.75, 3.05) is 20.1 Å². The summed E-state index contributed by atoms with van der Waals surface area (Å²) in [5.41, 5.74) is 5.51. The zero-order valence-electron chi connectivity index (χ0n) is 14.4. The molecule has 0 amide bonds. The van der Waals surface area contributed by atoms with Crippen molar-refractivity contribution in [3.63, 3.8) is 0 Å². The summed E-state index contributed by atoms with van der Waals surface area (Å²) in [4.78, 5) is 14.2. The molecule has 1 aliphatic heterocycles. The second-order valence-corrected chi connectivity index (χ2v) is 7.50. The van der Waals surface area contributed by atoms with E-state index in [0.717, 1.165) is 13.8 Å². The Morgan fingerprint density at radius 2 is 1.86 bits per heavy atom. The smallest absolute Gasteiger partial charge is 0.173 e. The molecule has 2 rings (SSSR count). The number of ketones is 1. The van der Waals surface area contributed by atoms with E-state index in [9.17, 15) is 4.79 Å². The minimum atomic E-state index is -0.273. The fourth-order valence-corrected chi connectivity index (χ4v) is 3.31. The van der Waals surface area contributed by atoms with E-state index in [2.05, 4.69) is 37.9 Å². The van der Waals surface area contributed by atoms with E-state index in [-0.39, 0.29) is 11.1 Å². The molecule has 1 saturated heterocycles. The van der Waals surface area contributed by atoms with Gasteiger partial charge in [-0.1, -0.05) is 42.6 Å². The number of rotatable bonds is 4. The van der Waals surface area contributed by atoms with Crippen LogP contribution in [0.1, 0.15) is 49.8 Å². The summed E-state index contributed by atoms with van der Waals surface area (Å²) in [6.45, 7) is 12.6. The lowest BCUT2D eigenvalue weighted by atomic mass is 9.47. The highest BCUT2D eigenvalue weighted by Gasteiger charge is 2.28. The van der Waals surface area contributed by atoms with Crippen LogP contribution in [0.25, 0.3) is 0 Å². The second-order valence-electron chi connectivity index (χ2n) is 7.50. The van der Waals surface area contributed by atoms with Crippen molar-refractivity contribution >= 4 is 18.5 Å². The van der Waals surface area contributed by atoms with Crippen LogP contribution in [0, 0.1) is 13.8 Å². The van der Waals surface area contributed by atoms with Gasteiger partial charge in [0.15, 0.2) is 7.28 Å². The third-order valence-electron chi connectivity index (χ3n) is 5.15. The van der Waals surface area contributed by atoms with Crippen LogP contribution >= 0.6 is 0 Å². The maximum atomic E-state index is 11.8. The molecular formula is C18H28BNO.